The summed E-state index contributed by atoms with van der Waals surface area (Å²) < 4.78 is 6.50. The molecule has 0 bridgehead atoms. The standard InChI is InChI=1S/C15H23BrN2O2/c1-3-7-17-8-9-18-15(19)6-10-20-14-5-4-12(2)11-13(14)16/h4-5,11,17H,3,6-10H2,1-2H3,(H,18,19). The maximum Gasteiger partial charge on any atom is 0.223 e. The molecule has 0 saturated carbocycles. The first-order chi connectivity index (χ1) is 9.63. The molecule has 4 nitrogen and oxygen atoms in total. The summed E-state index contributed by atoms with van der Waals surface area (Å²) in [6.07, 6.45) is 1.47. The van der Waals surface area contributed by atoms with E-state index < -0.39 is 0 Å². The summed E-state index contributed by atoms with van der Waals surface area (Å²) in [6.45, 7) is 6.98. The molecule has 20 heavy (non-hydrogen) atoms. The van der Waals surface area contributed by atoms with Crippen LogP contribution >= 0.6 is 15.9 Å². The van der Waals surface area contributed by atoms with Crippen LogP contribution in [0.25, 0.3) is 0 Å². The Balaban J connectivity index is 2.15. The molecule has 0 unspecified atom stereocenters. The minimum Gasteiger partial charge on any atom is -0.492 e. The molecule has 1 rings (SSSR count). The summed E-state index contributed by atoms with van der Waals surface area (Å²) in [5, 5.41) is 6.09. The fourth-order valence-electron chi connectivity index (χ4n) is 1.66. The number of carbonyl (C=O) groups is 1. The highest BCUT2D eigenvalue weighted by Crippen LogP contribution is 2.25. The predicted octanol–water partition coefficient (Wildman–Crippen LogP) is 2.64. The SMILES string of the molecule is CCCNCCNC(=O)CCOc1ccc(C)cc1Br. The average Bonchev–Trinajstić information content (AvgIpc) is 2.41. The van der Waals surface area contributed by atoms with Crippen molar-refractivity contribution < 1.29 is 9.53 Å². The quantitative estimate of drug-likeness (QED) is 0.678. The van der Waals surface area contributed by atoms with E-state index in [9.17, 15) is 4.79 Å². The molecule has 5 heteroatoms. The van der Waals surface area contributed by atoms with E-state index in [2.05, 4.69) is 33.5 Å². The van der Waals surface area contributed by atoms with Crippen molar-refractivity contribution in [3.63, 3.8) is 0 Å². The van der Waals surface area contributed by atoms with Crippen LogP contribution in [0, 0.1) is 6.92 Å². The second kappa shape index (κ2) is 9.77. The predicted molar refractivity (Wildman–Crippen MR) is 85.2 cm³/mol. The van der Waals surface area contributed by atoms with E-state index in [1.165, 1.54) is 5.56 Å². The molecule has 112 valence electrons. The summed E-state index contributed by atoms with van der Waals surface area (Å²) in [7, 11) is 0. The molecule has 1 aromatic rings. The fourth-order valence-corrected chi connectivity index (χ4v) is 2.26. The highest BCUT2D eigenvalue weighted by atomic mass is 79.9. The molecular weight excluding hydrogens is 320 g/mol. The maximum atomic E-state index is 11.6. The van der Waals surface area contributed by atoms with Gasteiger partial charge in [0, 0.05) is 13.1 Å². The Labute approximate surface area is 129 Å². The topological polar surface area (TPSA) is 50.4 Å². The van der Waals surface area contributed by atoms with Crippen LogP contribution in [0.4, 0.5) is 0 Å². The molecule has 0 fully saturated rings. The number of amides is 1. The van der Waals surface area contributed by atoms with Gasteiger partial charge in [0.25, 0.3) is 0 Å². The van der Waals surface area contributed by atoms with E-state index in [4.69, 9.17) is 4.74 Å². The third-order valence-corrected chi connectivity index (χ3v) is 3.34. The third kappa shape index (κ3) is 6.91. The van der Waals surface area contributed by atoms with Gasteiger partial charge in [-0.2, -0.15) is 0 Å². The third-order valence-electron chi connectivity index (χ3n) is 2.72. The lowest BCUT2D eigenvalue weighted by molar-refractivity contribution is -0.121. The van der Waals surface area contributed by atoms with E-state index in [-0.39, 0.29) is 5.91 Å². The Kier molecular flexibility index (Phi) is 8.30. The van der Waals surface area contributed by atoms with Crippen LogP contribution < -0.4 is 15.4 Å². The van der Waals surface area contributed by atoms with E-state index in [1.807, 2.05) is 25.1 Å². The summed E-state index contributed by atoms with van der Waals surface area (Å²) in [4.78, 5) is 11.6. The van der Waals surface area contributed by atoms with Gasteiger partial charge in [-0.25, -0.2) is 0 Å². The van der Waals surface area contributed by atoms with Crippen LogP contribution in [0.1, 0.15) is 25.3 Å². The van der Waals surface area contributed by atoms with E-state index in [0.717, 1.165) is 29.7 Å². The van der Waals surface area contributed by atoms with Crippen molar-refractivity contribution >= 4 is 21.8 Å². The van der Waals surface area contributed by atoms with Crippen LogP contribution in [0.2, 0.25) is 0 Å². The molecule has 1 amide bonds. The van der Waals surface area contributed by atoms with E-state index >= 15 is 0 Å². The molecule has 0 radical (unpaired) electrons. The van der Waals surface area contributed by atoms with E-state index in [0.29, 0.717) is 19.6 Å². The number of benzene rings is 1. The maximum absolute atomic E-state index is 11.6. The number of hydrogen-bond acceptors (Lipinski definition) is 3. The molecule has 0 spiro atoms. The summed E-state index contributed by atoms with van der Waals surface area (Å²) in [5.41, 5.74) is 1.17. The van der Waals surface area contributed by atoms with Crippen molar-refractivity contribution in [2.45, 2.75) is 26.7 Å². The Hall–Kier alpha value is -1.07. The van der Waals surface area contributed by atoms with Gasteiger partial charge in [0.15, 0.2) is 0 Å². The Morgan fingerprint density at radius 1 is 1.30 bits per heavy atom. The van der Waals surface area contributed by atoms with Gasteiger partial charge in [-0.15, -0.1) is 0 Å². The van der Waals surface area contributed by atoms with Crippen molar-refractivity contribution in [1.82, 2.24) is 10.6 Å². The lowest BCUT2D eigenvalue weighted by Crippen LogP contribution is -2.32. The number of ether oxygens (including phenoxy) is 1. The number of nitrogens with one attached hydrogen (secondary N) is 2. The number of hydrogen-bond donors (Lipinski definition) is 2. The van der Waals surface area contributed by atoms with Gasteiger partial charge in [-0.3, -0.25) is 4.79 Å². The van der Waals surface area contributed by atoms with Crippen molar-refractivity contribution in [3.8, 4) is 5.75 Å². The van der Waals surface area contributed by atoms with Crippen LogP contribution in [0.15, 0.2) is 22.7 Å². The van der Waals surface area contributed by atoms with Crippen molar-refractivity contribution in [1.29, 1.82) is 0 Å². The zero-order valence-electron chi connectivity index (χ0n) is 12.2. The molecule has 2 N–H and O–H groups in total. The minimum absolute atomic E-state index is 0.0199. The average molecular weight is 343 g/mol. The fraction of sp³-hybridized carbons (Fsp3) is 0.533. The molecule has 0 saturated heterocycles. The monoisotopic (exact) mass is 342 g/mol. The zero-order valence-corrected chi connectivity index (χ0v) is 13.8. The molecule has 0 aliphatic carbocycles. The molecule has 0 atom stereocenters. The van der Waals surface area contributed by atoms with Gasteiger partial charge in [-0.05, 0) is 53.5 Å². The van der Waals surface area contributed by atoms with Gasteiger partial charge in [0.1, 0.15) is 5.75 Å². The lowest BCUT2D eigenvalue weighted by Gasteiger charge is -2.09. The highest BCUT2D eigenvalue weighted by Gasteiger charge is 2.04. The Morgan fingerprint density at radius 3 is 2.80 bits per heavy atom. The van der Waals surface area contributed by atoms with Crippen molar-refractivity contribution in [2.24, 2.45) is 0 Å². The lowest BCUT2D eigenvalue weighted by atomic mass is 10.2. The Bertz CT molecular complexity index is 424. The van der Waals surface area contributed by atoms with Gasteiger partial charge >= 0.3 is 0 Å². The smallest absolute Gasteiger partial charge is 0.223 e. The zero-order chi connectivity index (χ0) is 14.8. The van der Waals surface area contributed by atoms with Crippen LogP contribution in [-0.2, 0) is 4.79 Å². The van der Waals surface area contributed by atoms with Crippen LogP contribution in [-0.4, -0.2) is 32.1 Å². The normalized spacial score (nSPS) is 10.3. The first-order valence-corrected chi connectivity index (χ1v) is 7.79. The number of rotatable bonds is 9. The first-order valence-electron chi connectivity index (χ1n) is 7.00. The second-order valence-corrected chi connectivity index (χ2v) is 5.49. The largest absolute Gasteiger partial charge is 0.492 e. The van der Waals surface area contributed by atoms with Crippen molar-refractivity contribution in [2.75, 3.05) is 26.2 Å². The molecule has 0 aliphatic rings. The number of aryl methyl sites for hydroxylation is 1. The first kappa shape index (κ1) is 17.0. The van der Waals surface area contributed by atoms with Gasteiger partial charge in [-0.1, -0.05) is 13.0 Å². The molecular formula is C15H23BrN2O2. The van der Waals surface area contributed by atoms with Crippen LogP contribution in [0.5, 0.6) is 5.75 Å². The van der Waals surface area contributed by atoms with Gasteiger partial charge in [0.05, 0.1) is 17.5 Å². The number of carbonyl (C=O) groups excluding carboxylic acids is 1. The Morgan fingerprint density at radius 2 is 2.10 bits per heavy atom. The highest BCUT2D eigenvalue weighted by molar-refractivity contribution is 9.10. The summed E-state index contributed by atoms with van der Waals surface area (Å²) in [6, 6.07) is 5.89. The second-order valence-electron chi connectivity index (χ2n) is 4.63. The summed E-state index contributed by atoms with van der Waals surface area (Å²) >= 11 is 3.45. The molecule has 0 aromatic heterocycles. The van der Waals surface area contributed by atoms with Gasteiger partial charge < -0.3 is 15.4 Å². The summed E-state index contributed by atoms with van der Waals surface area (Å²) in [5.74, 6) is 0.791. The van der Waals surface area contributed by atoms with Crippen molar-refractivity contribution in [3.05, 3.63) is 28.2 Å². The number of halogens is 1. The molecule has 0 heterocycles. The molecule has 1 aromatic carbocycles. The van der Waals surface area contributed by atoms with E-state index in [1.54, 1.807) is 0 Å². The molecule has 0 aliphatic heterocycles. The van der Waals surface area contributed by atoms with Crippen LogP contribution in [0.3, 0.4) is 0 Å². The van der Waals surface area contributed by atoms with Gasteiger partial charge in [0.2, 0.25) is 5.91 Å². The minimum atomic E-state index is 0.0199.